The molecule has 0 saturated carbocycles. The van der Waals surface area contributed by atoms with Crippen molar-refractivity contribution in [3.63, 3.8) is 0 Å². The van der Waals surface area contributed by atoms with Crippen molar-refractivity contribution in [1.82, 2.24) is 4.90 Å². The van der Waals surface area contributed by atoms with E-state index in [9.17, 15) is 4.79 Å². The number of urea groups is 1. The van der Waals surface area contributed by atoms with E-state index >= 15 is 0 Å². The summed E-state index contributed by atoms with van der Waals surface area (Å²) >= 11 is 1.72. The number of rotatable bonds is 4. The van der Waals surface area contributed by atoms with E-state index in [2.05, 4.69) is 5.32 Å². The molecule has 2 aromatic carbocycles. The number of ether oxygens (including phenoxy) is 2. The molecule has 1 aliphatic rings. The minimum atomic E-state index is -0.106. The normalized spacial score (nSPS) is 16.6. The van der Waals surface area contributed by atoms with Crippen LogP contribution in [0.4, 0.5) is 10.5 Å². The van der Waals surface area contributed by atoms with Gasteiger partial charge in [0.15, 0.2) is 0 Å². The summed E-state index contributed by atoms with van der Waals surface area (Å²) in [5, 5.41) is 2.89. The summed E-state index contributed by atoms with van der Waals surface area (Å²) in [6, 6.07) is 13.4. The number of hydrogen-bond acceptors (Lipinski definition) is 4. The molecule has 0 radical (unpaired) electrons. The van der Waals surface area contributed by atoms with Crippen LogP contribution in [0.25, 0.3) is 0 Å². The number of methoxy groups -OCH3 is 2. The van der Waals surface area contributed by atoms with Crippen molar-refractivity contribution < 1.29 is 14.3 Å². The molecule has 1 heterocycles. The molecule has 132 valence electrons. The summed E-state index contributed by atoms with van der Waals surface area (Å²) in [6.07, 6.45) is 0. The minimum Gasteiger partial charge on any atom is -0.497 e. The lowest BCUT2D eigenvalue weighted by molar-refractivity contribution is 0.213. The molecule has 25 heavy (non-hydrogen) atoms. The predicted octanol–water partition coefficient (Wildman–Crippen LogP) is 4.29. The molecule has 0 bridgehead atoms. The number of benzene rings is 2. The topological polar surface area (TPSA) is 50.8 Å². The van der Waals surface area contributed by atoms with Crippen molar-refractivity contribution in [3.05, 3.63) is 53.6 Å². The fraction of sp³-hybridized carbons (Fsp3) is 0.316. The van der Waals surface area contributed by atoms with Crippen molar-refractivity contribution in [1.29, 1.82) is 0 Å². The highest BCUT2D eigenvalue weighted by Gasteiger charge is 2.33. The average Bonchev–Trinajstić information content (AvgIpc) is 3.11. The van der Waals surface area contributed by atoms with Crippen molar-refractivity contribution in [2.45, 2.75) is 12.3 Å². The molecule has 2 amide bonds. The van der Waals surface area contributed by atoms with Gasteiger partial charge in [-0.05, 0) is 42.8 Å². The Bertz CT molecular complexity index is 766. The SMILES string of the molecule is COc1ccc(OC)c([C@H]2SCCN2C(=O)Nc2cccc(C)c2)c1. The van der Waals surface area contributed by atoms with Gasteiger partial charge in [0.25, 0.3) is 0 Å². The molecule has 1 atom stereocenters. The smallest absolute Gasteiger partial charge is 0.323 e. The van der Waals surface area contributed by atoms with Crippen LogP contribution >= 0.6 is 11.8 Å². The molecule has 3 rings (SSSR count). The maximum Gasteiger partial charge on any atom is 0.323 e. The second-order valence-electron chi connectivity index (χ2n) is 5.82. The van der Waals surface area contributed by atoms with Gasteiger partial charge >= 0.3 is 6.03 Å². The number of carbonyl (C=O) groups is 1. The monoisotopic (exact) mass is 358 g/mol. The first-order valence-corrected chi connectivity index (χ1v) is 9.15. The Morgan fingerprint density at radius 1 is 1.20 bits per heavy atom. The van der Waals surface area contributed by atoms with E-state index in [1.165, 1.54) is 0 Å². The second kappa shape index (κ2) is 7.70. The van der Waals surface area contributed by atoms with Gasteiger partial charge in [0.1, 0.15) is 16.9 Å². The molecule has 1 aliphatic heterocycles. The van der Waals surface area contributed by atoms with Gasteiger partial charge in [-0.2, -0.15) is 0 Å². The quantitative estimate of drug-likeness (QED) is 0.886. The number of anilines is 1. The molecule has 5 nitrogen and oxygen atoms in total. The zero-order valence-corrected chi connectivity index (χ0v) is 15.4. The first-order valence-electron chi connectivity index (χ1n) is 8.10. The van der Waals surface area contributed by atoms with E-state index in [-0.39, 0.29) is 11.4 Å². The Balaban J connectivity index is 1.84. The molecule has 1 fully saturated rings. The van der Waals surface area contributed by atoms with Crippen LogP contribution in [0, 0.1) is 6.92 Å². The van der Waals surface area contributed by atoms with E-state index < -0.39 is 0 Å². The third kappa shape index (κ3) is 3.85. The zero-order chi connectivity index (χ0) is 17.8. The fourth-order valence-electron chi connectivity index (χ4n) is 2.89. The summed E-state index contributed by atoms with van der Waals surface area (Å²) in [6.45, 7) is 2.69. The maximum atomic E-state index is 12.8. The number of amides is 2. The highest BCUT2D eigenvalue weighted by atomic mass is 32.2. The summed E-state index contributed by atoms with van der Waals surface area (Å²) in [4.78, 5) is 14.6. The number of carbonyl (C=O) groups excluding carboxylic acids is 1. The summed E-state index contributed by atoms with van der Waals surface area (Å²) in [7, 11) is 3.28. The molecule has 1 saturated heterocycles. The van der Waals surface area contributed by atoms with Crippen LogP contribution in [0.5, 0.6) is 11.5 Å². The van der Waals surface area contributed by atoms with E-state index in [4.69, 9.17) is 9.47 Å². The van der Waals surface area contributed by atoms with Gasteiger partial charge in [0, 0.05) is 23.5 Å². The number of nitrogens with one attached hydrogen (secondary N) is 1. The minimum absolute atomic E-state index is 0.102. The molecule has 0 spiro atoms. The van der Waals surface area contributed by atoms with Crippen LogP contribution in [0.3, 0.4) is 0 Å². The van der Waals surface area contributed by atoms with Crippen LogP contribution in [0.15, 0.2) is 42.5 Å². The third-order valence-electron chi connectivity index (χ3n) is 4.12. The lowest BCUT2D eigenvalue weighted by atomic mass is 10.1. The van der Waals surface area contributed by atoms with Gasteiger partial charge in [-0.3, -0.25) is 0 Å². The molecule has 6 heteroatoms. The molecule has 0 aliphatic carbocycles. The Labute approximate surface area is 152 Å². The van der Waals surface area contributed by atoms with E-state index in [0.717, 1.165) is 34.1 Å². The van der Waals surface area contributed by atoms with Crippen LogP contribution in [-0.2, 0) is 0 Å². The first kappa shape index (κ1) is 17.5. The second-order valence-corrected chi connectivity index (χ2v) is 7.01. The number of aryl methyl sites for hydroxylation is 1. The number of hydrogen-bond donors (Lipinski definition) is 1. The van der Waals surface area contributed by atoms with E-state index in [1.807, 2.05) is 54.3 Å². The van der Waals surface area contributed by atoms with Crippen LogP contribution in [0.1, 0.15) is 16.5 Å². The molecular formula is C19H22N2O3S. The Kier molecular flexibility index (Phi) is 5.38. The van der Waals surface area contributed by atoms with Crippen molar-refractivity contribution in [2.24, 2.45) is 0 Å². The molecule has 2 aromatic rings. The van der Waals surface area contributed by atoms with Crippen molar-refractivity contribution in [3.8, 4) is 11.5 Å². The van der Waals surface area contributed by atoms with Crippen LogP contribution in [-0.4, -0.2) is 37.4 Å². The van der Waals surface area contributed by atoms with Crippen LogP contribution in [0.2, 0.25) is 0 Å². The highest BCUT2D eigenvalue weighted by molar-refractivity contribution is 7.99. The van der Waals surface area contributed by atoms with Crippen LogP contribution < -0.4 is 14.8 Å². The summed E-state index contributed by atoms with van der Waals surface area (Å²) in [5.74, 6) is 2.39. The number of thioether (sulfide) groups is 1. The average molecular weight is 358 g/mol. The summed E-state index contributed by atoms with van der Waals surface area (Å²) < 4.78 is 10.8. The first-order chi connectivity index (χ1) is 12.1. The Morgan fingerprint density at radius 2 is 2.04 bits per heavy atom. The van der Waals surface area contributed by atoms with E-state index in [1.54, 1.807) is 26.0 Å². The van der Waals surface area contributed by atoms with E-state index in [0.29, 0.717) is 6.54 Å². The van der Waals surface area contributed by atoms with Gasteiger partial charge in [-0.1, -0.05) is 12.1 Å². The van der Waals surface area contributed by atoms with Gasteiger partial charge in [-0.25, -0.2) is 4.79 Å². The molecule has 1 N–H and O–H groups in total. The lowest BCUT2D eigenvalue weighted by Crippen LogP contribution is -2.34. The molecular weight excluding hydrogens is 336 g/mol. The standard InChI is InChI=1S/C19H22N2O3S/c1-13-5-4-6-14(11-13)20-19(22)21-9-10-25-18(21)16-12-15(23-2)7-8-17(16)24-3/h4-8,11-12,18H,9-10H2,1-3H3,(H,20,22)/t18-/m1/s1. The van der Waals surface area contributed by atoms with Gasteiger partial charge < -0.3 is 19.7 Å². The third-order valence-corrected chi connectivity index (χ3v) is 5.37. The van der Waals surface area contributed by atoms with Gasteiger partial charge in [0.05, 0.1) is 14.2 Å². The Morgan fingerprint density at radius 3 is 2.76 bits per heavy atom. The number of nitrogens with zero attached hydrogens (tertiary/aromatic N) is 1. The lowest BCUT2D eigenvalue weighted by Gasteiger charge is -2.26. The zero-order valence-electron chi connectivity index (χ0n) is 14.6. The maximum absolute atomic E-state index is 12.8. The summed E-state index contributed by atoms with van der Waals surface area (Å²) in [5.41, 5.74) is 2.86. The fourth-order valence-corrected chi connectivity index (χ4v) is 4.16. The predicted molar refractivity (Wildman–Crippen MR) is 102 cm³/mol. The van der Waals surface area contributed by atoms with Crippen molar-refractivity contribution in [2.75, 3.05) is 31.8 Å². The largest absolute Gasteiger partial charge is 0.497 e. The van der Waals surface area contributed by atoms with Gasteiger partial charge in [0.2, 0.25) is 0 Å². The molecule has 0 unspecified atom stereocenters. The molecule has 0 aromatic heterocycles. The Hall–Kier alpha value is -2.34. The highest BCUT2D eigenvalue weighted by Crippen LogP contribution is 2.43. The van der Waals surface area contributed by atoms with Gasteiger partial charge in [-0.15, -0.1) is 11.8 Å². The van der Waals surface area contributed by atoms with Crippen molar-refractivity contribution >= 4 is 23.5 Å².